The average Bonchev–Trinajstić information content (AvgIpc) is 3.25. The van der Waals surface area contributed by atoms with Crippen molar-refractivity contribution in [2.75, 3.05) is 14.2 Å². The van der Waals surface area contributed by atoms with Crippen LogP contribution in [0.2, 0.25) is 0 Å². The van der Waals surface area contributed by atoms with Gasteiger partial charge in [0.1, 0.15) is 0 Å². The molecule has 3 aliphatic rings. The van der Waals surface area contributed by atoms with Gasteiger partial charge in [-0.05, 0) is 11.1 Å². The Kier molecular flexibility index (Phi) is 5.31. The lowest BCUT2D eigenvalue weighted by Gasteiger charge is -2.23. The number of rotatable bonds is 2. The van der Waals surface area contributed by atoms with Crippen molar-refractivity contribution >= 4 is 46.8 Å². The Balaban J connectivity index is 1.60. The van der Waals surface area contributed by atoms with Crippen LogP contribution in [0.3, 0.4) is 0 Å². The molecule has 7 heteroatoms. The summed E-state index contributed by atoms with van der Waals surface area (Å²) in [7, 11) is 2.62. The van der Waals surface area contributed by atoms with E-state index in [2.05, 4.69) is 0 Å². The topological polar surface area (TPSA) is 69.7 Å². The van der Waals surface area contributed by atoms with Crippen molar-refractivity contribution in [1.29, 1.82) is 0 Å². The number of hydrogen-bond acceptors (Lipinski definition) is 7. The molecule has 0 amide bonds. The lowest BCUT2D eigenvalue weighted by Crippen LogP contribution is -2.18. The molecule has 1 heterocycles. The Morgan fingerprint density at radius 3 is 1.53 bits per heavy atom. The molecule has 0 radical (unpaired) electrons. The first-order valence-electron chi connectivity index (χ1n) is 9.97. The van der Waals surface area contributed by atoms with Crippen LogP contribution in [-0.4, -0.2) is 31.9 Å². The number of allylic oxidation sites excluding steroid dienone is 2. The van der Waals surface area contributed by atoms with E-state index < -0.39 is 11.9 Å². The summed E-state index contributed by atoms with van der Waals surface area (Å²) in [5, 5.41) is 0. The van der Waals surface area contributed by atoms with Gasteiger partial charge in [-0.15, -0.1) is 0 Å². The number of ether oxygens (including phenoxy) is 2. The summed E-state index contributed by atoms with van der Waals surface area (Å²) in [6.07, 6.45) is 0.645. The van der Waals surface area contributed by atoms with Gasteiger partial charge in [0.05, 0.1) is 29.6 Å². The summed E-state index contributed by atoms with van der Waals surface area (Å²) < 4.78 is 10.9. The predicted octanol–water partition coefficient (Wildman–Crippen LogP) is 5.08. The quantitative estimate of drug-likeness (QED) is 0.492. The lowest BCUT2D eigenvalue weighted by molar-refractivity contribution is -0.139. The van der Waals surface area contributed by atoms with Crippen LogP contribution in [0.25, 0.3) is 5.57 Å². The second kappa shape index (κ2) is 8.15. The van der Waals surface area contributed by atoms with Gasteiger partial charge >= 0.3 is 11.9 Å². The highest BCUT2D eigenvalue weighted by atomic mass is 32.2. The molecule has 160 valence electrons. The minimum Gasteiger partial charge on any atom is -0.466 e. The molecule has 0 bridgehead atoms. The molecule has 0 atom stereocenters. The fraction of sp³-hybridized carbons (Fsp3) is 0.160. The van der Waals surface area contributed by atoms with E-state index in [1.165, 1.54) is 14.2 Å². The highest BCUT2D eigenvalue weighted by Gasteiger charge is 2.37. The zero-order chi connectivity index (χ0) is 22.4. The van der Waals surface area contributed by atoms with Crippen molar-refractivity contribution in [3.8, 4) is 0 Å². The lowest BCUT2D eigenvalue weighted by atomic mass is 9.82. The SMILES string of the molecule is COC(=O)C1=C(C(=O)OC)CC2=C(C1)SC(=C1c3ccccc3C(=O)c3ccccc31)S2. The van der Waals surface area contributed by atoms with Gasteiger partial charge in [0, 0.05) is 39.4 Å². The normalized spacial score (nSPS) is 17.1. The van der Waals surface area contributed by atoms with Crippen LogP contribution in [-0.2, 0) is 19.1 Å². The van der Waals surface area contributed by atoms with Crippen LogP contribution in [0.5, 0.6) is 0 Å². The zero-order valence-corrected chi connectivity index (χ0v) is 19.0. The molecule has 0 aromatic heterocycles. The Bertz CT molecular complexity index is 1210. The maximum absolute atomic E-state index is 13.1. The average molecular weight is 463 g/mol. The van der Waals surface area contributed by atoms with Crippen molar-refractivity contribution < 1.29 is 23.9 Å². The van der Waals surface area contributed by atoms with Crippen LogP contribution in [0, 0.1) is 0 Å². The van der Waals surface area contributed by atoms with E-state index in [1.807, 2.05) is 48.5 Å². The molecule has 2 aromatic carbocycles. The molecular formula is C25H18O5S2. The van der Waals surface area contributed by atoms with E-state index in [4.69, 9.17) is 9.47 Å². The Labute approximate surface area is 193 Å². The number of benzene rings is 2. The molecule has 32 heavy (non-hydrogen) atoms. The second-order valence-corrected chi connectivity index (χ2v) is 9.90. The fourth-order valence-corrected chi connectivity index (χ4v) is 7.13. The molecule has 0 N–H and O–H groups in total. The summed E-state index contributed by atoms with van der Waals surface area (Å²) in [5.41, 5.74) is 4.88. The van der Waals surface area contributed by atoms with Crippen LogP contribution in [0.15, 0.2) is 73.7 Å². The Morgan fingerprint density at radius 2 is 1.12 bits per heavy atom. The summed E-state index contributed by atoms with van der Waals surface area (Å²) in [6.45, 7) is 0. The van der Waals surface area contributed by atoms with Gasteiger partial charge in [-0.2, -0.15) is 0 Å². The summed E-state index contributed by atoms with van der Waals surface area (Å²) >= 11 is 3.20. The van der Waals surface area contributed by atoms with E-state index in [9.17, 15) is 14.4 Å². The molecule has 0 saturated heterocycles. The van der Waals surface area contributed by atoms with Crippen molar-refractivity contribution in [2.45, 2.75) is 12.8 Å². The molecule has 0 saturated carbocycles. The number of carbonyl (C=O) groups is 3. The third-order valence-electron chi connectivity index (χ3n) is 5.73. The molecule has 0 unspecified atom stereocenters. The number of thioether (sulfide) groups is 2. The molecule has 2 aromatic rings. The third kappa shape index (κ3) is 3.24. The van der Waals surface area contributed by atoms with Crippen molar-refractivity contribution in [1.82, 2.24) is 0 Å². The molecule has 2 aliphatic carbocycles. The Hall–Kier alpha value is -3.03. The van der Waals surface area contributed by atoms with Crippen LogP contribution in [0.4, 0.5) is 0 Å². The van der Waals surface area contributed by atoms with Gasteiger partial charge in [0.25, 0.3) is 0 Å². The van der Waals surface area contributed by atoms with E-state index in [0.717, 1.165) is 30.7 Å². The summed E-state index contributed by atoms with van der Waals surface area (Å²) in [5.74, 6) is -1.00. The van der Waals surface area contributed by atoms with Gasteiger partial charge in [0.15, 0.2) is 5.78 Å². The maximum atomic E-state index is 13.1. The molecule has 0 spiro atoms. The van der Waals surface area contributed by atoms with Crippen LogP contribution >= 0.6 is 23.5 Å². The summed E-state index contributed by atoms with van der Waals surface area (Å²) in [4.78, 5) is 39.8. The third-order valence-corrected chi connectivity index (χ3v) is 8.41. The van der Waals surface area contributed by atoms with E-state index in [0.29, 0.717) is 35.1 Å². The van der Waals surface area contributed by atoms with Crippen LogP contribution in [0.1, 0.15) is 39.9 Å². The van der Waals surface area contributed by atoms with Crippen molar-refractivity contribution in [3.05, 3.63) is 96.0 Å². The first kappa shape index (κ1) is 20.8. The largest absolute Gasteiger partial charge is 0.466 e. The zero-order valence-electron chi connectivity index (χ0n) is 17.4. The van der Waals surface area contributed by atoms with Gasteiger partial charge < -0.3 is 9.47 Å². The number of methoxy groups -OCH3 is 2. The number of ketones is 1. The standard InChI is InChI=1S/C25H18O5S2/c1-29-23(27)17-11-19-20(12-18(17)24(28)30-2)32-25(31-19)21-13-7-3-5-9-15(13)22(26)16-10-6-4-8-14(16)21/h3-10H,11-12H2,1-2H3. The Morgan fingerprint density at radius 1 is 0.719 bits per heavy atom. The molecule has 0 fully saturated rings. The minimum absolute atomic E-state index is 0.0221. The second-order valence-electron chi connectivity index (χ2n) is 7.43. The molecule has 5 rings (SSSR count). The van der Waals surface area contributed by atoms with E-state index in [1.54, 1.807) is 23.5 Å². The van der Waals surface area contributed by atoms with Gasteiger partial charge in [-0.25, -0.2) is 9.59 Å². The highest BCUT2D eigenvalue weighted by Crippen LogP contribution is 2.59. The summed E-state index contributed by atoms with van der Waals surface area (Å²) in [6, 6.07) is 15.3. The first-order valence-corrected chi connectivity index (χ1v) is 11.6. The smallest absolute Gasteiger partial charge is 0.334 e. The van der Waals surface area contributed by atoms with Crippen LogP contribution < -0.4 is 0 Å². The monoisotopic (exact) mass is 462 g/mol. The number of hydrogen-bond donors (Lipinski definition) is 0. The maximum Gasteiger partial charge on any atom is 0.334 e. The first-order chi connectivity index (χ1) is 15.5. The van der Waals surface area contributed by atoms with Crippen molar-refractivity contribution in [3.63, 3.8) is 0 Å². The van der Waals surface area contributed by atoms with E-state index in [-0.39, 0.29) is 5.78 Å². The number of esters is 2. The minimum atomic E-state index is -0.511. The number of carbonyl (C=O) groups excluding carboxylic acids is 3. The number of fused-ring (bicyclic) bond motifs is 2. The van der Waals surface area contributed by atoms with E-state index >= 15 is 0 Å². The predicted molar refractivity (Wildman–Crippen MR) is 125 cm³/mol. The van der Waals surface area contributed by atoms with Gasteiger partial charge in [-0.1, -0.05) is 72.1 Å². The molecule has 5 nitrogen and oxygen atoms in total. The molecular weight excluding hydrogens is 444 g/mol. The van der Waals surface area contributed by atoms with Crippen molar-refractivity contribution in [2.24, 2.45) is 0 Å². The van der Waals surface area contributed by atoms with Gasteiger partial charge in [-0.3, -0.25) is 4.79 Å². The highest BCUT2D eigenvalue weighted by molar-refractivity contribution is 8.28. The fourth-order valence-electron chi connectivity index (χ4n) is 4.21. The van der Waals surface area contributed by atoms with Gasteiger partial charge in [0.2, 0.25) is 0 Å². The molecule has 1 aliphatic heterocycles.